The molecule has 0 fully saturated rings. The van der Waals surface area contributed by atoms with Crippen LogP contribution in [0.5, 0.6) is 0 Å². The van der Waals surface area contributed by atoms with Gasteiger partial charge in [0, 0.05) is 21.2 Å². The highest BCUT2D eigenvalue weighted by molar-refractivity contribution is 7.84. The van der Waals surface area contributed by atoms with Gasteiger partial charge in [0.15, 0.2) is 0 Å². The molecule has 0 aliphatic carbocycles. The Bertz CT molecular complexity index is 1350. The van der Waals surface area contributed by atoms with Gasteiger partial charge in [-0.25, -0.2) is 0 Å². The highest BCUT2D eigenvalue weighted by atomic mass is 35.5. The number of amides is 2. The molecule has 2 aromatic rings. The van der Waals surface area contributed by atoms with E-state index in [1.165, 1.54) is 48.5 Å². The first-order chi connectivity index (χ1) is 14.8. The van der Waals surface area contributed by atoms with E-state index in [0.29, 0.717) is 0 Å². The number of carbonyl (C=O) groups is 2. The van der Waals surface area contributed by atoms with Gasteiger partial charge in [0.2, 0.25) is 0 Å². The predicted octanol–water partition coefficient (Wildman–Crippen LogP) is 2.41. The Hall–Kier alpha value is -2.74. The van der Waals surface area contributed by atoms with Gasteiger partial charge in [-0.3, -0.25) is 18.7 Å². The Morgan fingerprint density at radius 2 is 0.875 bits per heavy atom. The minimum Gasteiger partial charge on any atom is -0.269 e. The second-order valence-corrected chi connectivity index (χ2v) is 9.95. The normalized spacial score (nSPS) is 17.0. The molecule has 166 valence electrons. The summed E-state index contributed by atoms with van der Waals surface area (Å²) in [7, 11) is -10.5. The molecule has 2 aromatic carbocycles. The number of carbonyl (C=O) groups excluding carboxylic acids is 2. The van der Waals surface area contributed by atoms with E-state index in [9.17, 15) is 35.5 Å². The van der Waals surface area contributed by atoms with Crippen LogP contribution >= 0.6 is 23.2 Å². The molecule has 0 spiro atoms. The summed E-state index contributed by atoms with van der Waals surface area (Å²) in [6.07, 6.45) is 0. The fourth-order valence-corrected chi connectivity index (χ4v) is 5.15. The molecule has 2 aliphatic rings. The minimum absolute atomic E-state index is 0.0178. The summed E-state index contributed by atoms with van der Waals surface area (Å²) in [5.74, 6) is -2.78. The van der Waals surface area contributed by atoms with E-state index >= 15 is 0 Å². The van der Waals surface area contributed by atoms with E-state index in [2.05, 4.69) is 0 Å². The lowest BCUT2D eigenvalue weighted by Gasteiger charge is -2.21. The van der Waals surface area contributed by atoms with Crippen molar-refractivity contribution in [3.05, 3.63) is 80.8 Å². The van der Waals surface area contributed by atoms with Crippen LogP contribution in [-0.2, 0) is 30.2 Å². The van der Waals surface area contributed by atoms with Crippen LogP contribution in [-0.4, -0.2) is 46.4 Å². The molecule has 10 nitrogen and oxygen atoms in total. The van der Waals surface area contributed by atoms with Crippen molar-refractivity contribution in [1.82, 2.24) is 8.61 Å². The van der Waals surface area contributed by atoms with Crippen LogP contribution in [0, 0.1) is 0 Å². The Balaban J connectivity index is 2.14. The van der Waals surface area contributed by atoms with E-state index in [4.69, 9.17) is 23.2 Å². The average Bonchev–Trinajstić information content (AvgIpc) is 3.16. The molecule has 0 radical (unpaired) electrons. The summed E-state index contributed by atoms with van der Waals surface area (Å²) in [5, 5.41) is 0.494. The predicted molar refractivity (Wildman–Crippen MR) is 114 cm³/mol. The minimum atomic E-state index is -5.23. The second kappa shape index (κ2) is 7.40. The number of benzene rings is 2. The van der Waals surface area contributed by atoms with Crippen molar-refractivity contribution in [2.24, 2.45) is 0 Å². The van der Waals surface area contributed by atoms with Crippen LogP contribution < -0.4 is 0 Å². The van der Waals surface area contributed by atoms with Gasteiger partial charge < -0.3 is 0 Å². The van der Waals surface area contributed by atoms with Crippen LogP contribution in [0.3, 0.4) is 0 Å². The van der Waals surface area contributed by atoms with Crippen molar-refractivity contribution in [3.8, 4) is 0 Å². The third-order valence-electron chi connectivity index (χ3n) is 4.62. The summed E-state index contributed by atoms with van der Waals surface area (Å²) >= 11 is 11.7. The summed E-state index contributed by atoms with van der Waals surface area (Å²) in [4.78, 5) is 26.3. The van der Waals surface area contributed by atoms with Crippen molar-refractivity contribution in [2.45, 2.75) is 0 Å². The third-order valence-corrected chi connectivity index (χ3v) is 6.75. The largest absolute Gasteiger partial charge is 0.366 e. The van der Waals surface area contributed by atoms with E-state index in [1.54, 1.807) is 0 Å². The maximum atomic E-state index is 13.1. The van der Waals surface area contributed by atoms with Crippen LogP contribution in [0.4, 0.5) is 0 Å². The lowest BCUT2D eigenvalue weighted by molar-refractivity contribution is -0.121. The van der Waals surface area contributed by atoms with E-state index in [1.807, 2.05) is 0 Å². The van der Waals surface area contributed by atoms with Crippen molar-refractivity contribution >= 4 is 67.0 Å². The number of nitrogens with zero attached hydrogens (tertiary/aromatic N) is 2. The quantitative estimate of drug-likeness (QED) is 0.588. The van der Waals surface area contributed by atoms with Crippen molar-refractivity contribution in [1.29, 1.82) is 0 Å². The standard InChI is InChI=1S/C18H10Cl2N2O8S2/c19-11-5-1-9(2-6-11)15-13-14(18(24)21(15)31(25,26)27)16(10-3-7-12(20)8-4-10)22(17(13)23)32(28,29)30/h1-8H,(H,25,26,27)(H,28,29,30). The Labute approximate surface area is 191 Å². The highest BCUT2D eigenvalue weighted by Gasteiger charge is 2.54. The number of hydrogen-bond donors (Lipinski definition) is 2. The smallest absolute Gasteiger partial charge is 0.269 e. The molecule has 2 aliphatic heterocycles. The molecule has 2 heterocycles. The van der Waals surface area contributed by atoms with Gasteiger partial charge in [0.25, 0.3) is 11.8 Å². The molecule has 14 heteroatoms. The van der Waals surface area contributed by atoms with Gasteiger partial charge in [-0.2, -0.15) is 25.4 Å². The molecule has 0 saturated heterocycles. The summed E-state index contributed by atoms with van der Waals surface area (Å²) in [5.41, 5.74) is -2.54. The second-order valence-electron chi connectivity index (χ2n) is 6.56. The number of fused-ring (bicyclic) bond motifs is 1. The molecule has 0 unspecified atom stereocenters. The zero-order valence-corrected chi connectivity index (χ0v) is 18.6. The maximum Gasteiger partial charge on any atom is 0.366 e. The molecule has 0 bridgehead atoms. The molecule has 32 heavy (non-hydrogen) atoms. The molecule has 0 atom stereocenters. The maximum absolute atomic E-state index is 13.1. The van der Waals surface area contributed by atoms with Gasteiger partial charge in [-0.15, -0.1) is 0 Å². The molecular weight excluding hydrogens is 507 g/mol. The number of rotatable bonds is 4. The molecule has 0 saturated carbocycles. The van der Waals surface area contributed by atoms with Crippen LogP contribution in [0.15, 0.2) is 59.7 Å². The topological polar surface area (TPSA) is 149 Å². The fraction of sp³-hybridized carbons (Fsp3) is 0. The van der Waals surface area contributed by atoms with Crippen LogP contribution in [0.25, 0.3) is 11.4 Å². The first kappa shape index (κ1) is 22.5. The first-order valence-corrected chi connectivity index (χ1v) is 12.0. The number of hydrogen-bond acceptors (Lipinski definition) is 6. The van der Waals surface area contributed by atoms with E-state index in [0.717, 1.165) is 0 Å². The van der Waals surface area contributed by atoms with Crippen LogP contribution in [0.1, 0.15) is 11.1 Å². The summed E-state index contributed by atoms with van der Waals surface area (Å²) < 4.78 is 67.7. The Morgan fingerprint density at radius 3 is 1.12 bits per heavy atom. The summed E-state index contributed by atoms with van der Waals surface area (Å²) in [6.45, 7) is 0. The fourth-order valence-electron chi connectivity index (χ4n) is 3.44. The third kappa shape index (κ3) is 3.50. The first-order valence-electron chi connectivity index (χ1n) is 8.47. The Kier molecular flexibility index (Phi) is 5.19. The molecule has 4 rings (SSSR count). The van der Waals surface area contributed by atoms with E-state index in [-0.39, 0.29) is 29.8 Å². The van der Waals surface area contributed by atoms with Crippen molar-refractivity contribution in [3.63, 3.8) is 0 Å². The molecule has 0 aromatic heterocycles. The zero-order valence-electron chi connectivity index (χ0n) is 15.4. The highest BCUT2D eigenvalue weighted by Crippen LogP contribution is 2.48. The van der Waals surface area contributed by atoms with Gasteiger partial charge >= 0.3 is 20.6 Å². The SMILES string of the molecule is O=C1C2=C(c3ccc(Cl)cc3)N(S(=O)(=O)O)C(=O)C2=C(c2ccc(Cl)cc2)N1S(=O)(=O)O. The van der Waals surface area contributed by atoms with Gasteiger partial charge in [0.1, 0.15) is 0 Å². The van der Waals surface area contributed by atoms with Gasteiger partial charge in [-0.1, -0.05) is 47.5 Å². The van der Waals surface area contributed by atoms with Crippen molar-refractivity contribution < 1.29 is 35.5 Å². The molecule has 2 N–H and O–H groups in total. The number of halogens is 2. The molecular formula is C18H10Cl2N2O8S2. The lowest BCUT2D eigenvalue weighted by Crippen LogP contribution is -2.35. The monoisotopic (exact) mass is 516 g/mol. The molecule has 2 amide bonds. The van der Waals surface area contributed by atoms with Crippen molar-refractivity contribution in [2.75, 3.05) is 0 Å². The van der Waals surface area contributed by atoms with Gasteiger partial charge in [-0.05, 0) is 24.3 Å². The zero-order chi connectivity index (χ0) is 23.6. The van der Waals surface area contributed by atoms with E-state index < -0.39 is 55.0 Å². The summed E-state index contributed by atoms with van der Waals surface area (Å²) in [6, 6.07) is 10.4. The van der Waals surface area contributed by atoms with Crippen LogP contribution in [0.2, 0.25) is 10.0 Å². The average molecular weight is 517 g/mol. The lowest BCUT2D eigenvalue weighted by atomic mass is 10.0. The Morgan fingerprint density at radius 1 is 0.594 bits per heavy atom. The van der Waals surface area contributed by atoms with Gasteiger partial charge in [0.05, 0.1) is 22.5 Å².